The standard InChI is InChI=1S/C24H32N2O3/c1-16(2)25-24(28)20(6)26(14-21-9-7-8-17(3)12-21)23(27)15-29-22-11-10-18(4)19(5)13-22/h7-13,16,20H,14-15H2,1-6H3,(H,25,28)/t20-/m0/s1. The predicted octanol–water partition coefficient (Wildman–Crippen LogP) is 3.93. The van der Waals surface area contributed by atoms with Crippen molar-refractivity contribution in [2.75, 3.05) is 6.61 Å². The molecule has 2 aromatic carbocycles. The summed E-state index contributed by atoms with van der Waals surface area (Å²) in [7, 11) is 0. The lowest BCUT2D eigenvalue weighted by Crippen LogP contribution is -2.50. The van der Waals surface area contributed by atoms with E-state index in [0.29, 0.717) is 12.3 Å². The number of nitrogens with zero attached hydrogens (tertiary/aromatic N) is 1. The Balaban J connectivity index is 2.16. The van der Waals surface area contributed by atoms with Crippen molar-refractivity contribution in [2.45, 2.75) is 60.2 Å². The molecule has 0 aliphatic carbocycles. The minimum absolute atomic E-state index is 0.00709. The maximum atomic E-state index is 13.0. The first kappa shape index (κ1) is 22.5. The molecule has 0 saturated carbocycles. The number of benzene rings is 2. The lowest BCUT2D eigenvalue weighted by Gasteiger charge is -2.29. The molecule has 0 radical (unpaired) electrons. The van der Waals surface area contributed by atoms with E-state index >= 15 is 0 Å². The predicted molar refractivity (Wildman–Crippen MR) is 116 cm³/mol. The molecule has 0 saturated heterocycles. The Kier molecular flexibility index (Phi) is 7.82. The van der Waals surface area contributed by atoms with Crippen LogP contribution in [0.3, 0.4) is 0 Å². The maximum absolute atomic E-state index is 13.0. The summed E-state index contributed by atoms with van der Waals surface area (Å²) >= 11 is 0. The molecule has 1 atom stereocenters. The van der Waals surface area contributed by atoms with E-state index in [-0.39, 0.29) is 24.5 Å². The third-order valence-electron chi connectivity index (χ3n) is 4.87. The minimum Gasteiger partial charge on any atom is -0.484 e. The third kappa shape index (κ3) is 6.63. The smallest absolute Gasteiger partial charge is 0.261 e. The van der Waals surface area contributed by atoms with Gasteiger partial charge in [0.25, 0.3) is 5.91 Å². The van der Waals surface area contributed by atoms with E-state index in [0.717, 1.165) is 16.7 Å². The van der Waals surface area contributed by atoms with Gasteiger partial charge in [-0.3, -0.25) is 9.59 Å². The topological polar surface area (TPSA) is 58.6 Å². The number of hydrogen-bond donors (Lipinski definition) is 1. The Morgan fingerprint density at radius 3 is 2.34 bits per heavy atom. The van der Waals surface area contributed by atoms with Crippen molar-refractivity contribution in [3.05, 3.63) is 64.7 Å². The number of rotatable bonds is 8. The van der Waals surface area contributed by atoms with Crippen LogP contribution < -0.4 is 10.1 Å². The molecule has 1 N–H and O–H groups in total. The van der Waals surface area contributed by atoms with Crippen LogP contribution in [0.25, 0.3) is 0 Å². The van der Waals surface area contributed by atoms with Crippen molar-refractivity contribution in [1.82, 2.24) is 10.2 Å². The second-order valence-corrected chi connectivity index (χ2v) is 7.88. The molecule has 0 aromatic heterocycles. The highest BCUT2D eigenvalue weighted by Crippen LogP contribution is 2.17. The Morgan fingerprint density at radius 2 is 1.72 bits per heavy atom. The zero-order chi connectivity index (χ0) is 21.6. The summed E-state index contributed by atoms with van der Waals surface area (Å²) < 4.78 is 5.73. The fourth-order valence-corrected chi connectivity index (χ4v) is 3.03. The van der Waals surface area contributed by atoms with E-state index in [4.69, 9.17) is 4.74 Å². The first-order valence-electron chi connectivity index (χ1n) is 10.0. The molecule has 0 unspecified atom stereocenters. The summed E-state index contributed by atoms with van der Waals surface area (Å²) in [4.78, 5) is 27.2. The van der Waals surface area contributed by atoms with E-state index in [1.807, 2.05) is 77.1 Å². The van der Waals surface area contributed by atoms with Crippen molar-refractivity contribution in [3.8, 4) is 5.75 Å². The van der Waals surface area contributed by atoms with Gasteiger partial charge in [0.15, 0.2) is 6.61 Å². The maximum Gasteiger partial charge on any atom is 0.261 e. The highest BCUT2D eigenvalue weighted by molar-refractivity contribution is 5.88. The summed E-state index contributed by atoms with van der Waals surface area (Å²) in [5.74, 6) is 0.250. The lowest BCUT2D eigenvalue weighted by molar-refractivity contribution is -0.142. The van der Waals surface area contributed by atoms with Crippen LogP contribution in [-0.2, 0) is 16.1 Å². The Bertz CT molecular complexity index is 861. The average molecular weight is 397 g/mol. The second kappa shape index (κ2) is 10.1. The normalized spacial score (nSPS) is 11.8. The monoisotopic (exact) mass is 396 g/mol. The number of hydrogen-bond acceptors (Lipinski definition) is 3. The van der Waals surface area contributed by atoms with Crippen molar-refractivity contribution in [3.63, 3.8) is 0 Å². The molecule has 2 aromatic rings. The lowest BCUT2D eigenvalue weighted by atomic mass is 10.1. The quantitative estimate of drug-likeness (QED) is 0.735. The largest absolute Gasteiger partial charge is 0.484 e. The summed E-state index contributed by atoms with van der Waals surface area (Å²) in [6, 6.07) is 13.1. The first-order chi connectivity index (χ1) is 13.7. The molecule has 0 aliphatic rings. The Morgan fingerprint density at radius 1 is 1.00 bits per heavy atom. The number of ether oxygens (including phenoxy) is 1. The van der Waals surface area contributed by atoms with Gasteiger partial charge in [-0.05, 0) is 70.4 Å². The van der Waals surface area contributed by atoms with Gasteiger partial charge in [0.2, 0.25) is 5.91 Å². The molecule has 0 aliphatic heterocycles. The van der Waals surface area contributed by atoms with E-state index in [2.05, 4.69) is 5.32 Å². The van der Waals surface area contributed by atoms with Crippen LogP contribution in [0.1, 0.15) is 43.0 Å². The van der Waals surface area contributed by atoms with Gasteiger partial charge in [0.1, 0.15) is 11.8 Å². The van der Waals surface area contributed by atoms with Crippen LogP contribution in [-0.4, -0.2) is 35.4 Å². The molecular weight excluding hydrogens is 364 g/mol. The number of aryl methyl sites for hydroxylation is 3. The van der Waals surface area contributed by atoms with Crippen molar-refractivity contribution in [2.24, 2.45) is 0 Å². The van der Waals surface area contributed by atoms with Crippen LogP contribution in [0, 0.1) is 20.8 Å². The van der Waals surface area contributed by atoms with Crippen LogP contribution in [0.15, 0.2) is 42.5 Å². The molecule has 2 rings (SSSR count). The zero-order valence-corrected chi connectivity index (χ0v) is 18.3. The van der Waals surface area contributed by atoms with Gasteiger partial charge in [-0.1, -0.05) is 35.9 Å². The number of carbonyl (C=O) groups excluding carboxylic acids is 2. The van der Waals surface area contributed by atoms with E-state index < -0.39 is 6.04 Å². The van der Waals surface area contributed by atoms with E-state index in [1.54, 1.807) is 11.8 Å². The molecular formula is C24H32N2O3. The van der Waals surface area contributed by atoms with Crippen molar-refractivity contribution >= 4 is 11.8 Å². The van der Waals surface area contributed by atoms with Crippen LogP contribution in [0.2, 0.25) is 0 Å². The van der Waals surface area contributed by atoms with Crippen LogP contribution >= 0.6 is 0 Å². The summed E-state index contributed by atoms with van der Waals surface area (Å²) in [5.41, 5.74) is 4.37. The van der Waals surface area contributed by atoms with Crippen LogP contribution in [0.4, 0.5) is 0 Å². The molecule has 0 spiro atoms. The summed E-state index contributed by atoms with van der Waals surface area (Å²) in [5, 5.41) is 2.89. The number of nitrogens with one attached hydrogen (secondary N) is 1. The second-order valence-electron chi connectivity index (χ2n) is 7.88. The fraction of sp³-hybridized carbons (Fsp3) is 0.417. The minimum atomic E-state index is -0.603. The molecule has 2 amide bonds. The molecule has 5 heteroatoms. The Hall–Kier alpha value is -2.82. The third-order valence-corrected chi connectivity index (χ3v) is 4.87. The van der Waals surface area contributed by atoms with Gasteiger partial charge in [-0.15, -0.1) is 0 Å². The van der Waals surface area contributed by atoms with E-state index in [9.17, 15) is 9.59 Å². The van der Waals surface area contributed by atoms with Crippen molar-refractivity contribution < 1.29 is 14.3 Å². The molecule has 0 bridgehead atoms. The zero-order valence-electron chi connectivity index (χ0n) is 18.3. The number of amides is 2. The fourth-order valence-electron chi connectivity index (χ4n) is 3.03. The molecule has 0 fully saturated rings. The Labute approximate surface area is 174 Å². The highest BCUT2D eigenvalue weighted by atomic mass is 16.5. The van der Waals surface area contributed by atoms with Gasteiger partial charge < -0.3 is 15.0 Å². The highest BCUT2D eigenvalue weighted by Gasteiger charge is 2.26. The first-order valence-corrected chi connectivity index (χ1v) is 10.0. The van der Waals surface area contributed by atoms with Gasteiger partial charge in [-0.2, -0.15) is 0 Å². The molecule has 5 nitrogen and oxygen atoms in total. The summed E-state index contributed by atoms with van der Waals surface area (Å²) in [6.45, 7) is 11.8. The molecule has 156 valence electrons. The van der Waals surface area contributed by atoms with Crippen molar-refractivity contribution in [1.29, 1.82) is 0 Å². The van der Waals surface area contributed by atoms with Gasteiger partial charge in [-0.25, -0.2) is 0 Å². The van der Waals surface area contributed by atoms with Crippen LogP contribution in [0.5, 0.6) is 5.75 Å². The molecule has 0 heterocycles. The van der Waals surface area contributed by atoms with Gasteiger partial charge in [0, 0.05) is 12.6 Å². The summed E-state index contributed by atoms with van der Waals surface area (Å²) in [6.07, 6.45) is 0. The van der Waals surface area contributed by atoms with Gasteiger partial charge in [0.05, 0.1) is 0 Å². The van der Waals surface area contributed by atoms with Gasteiger partial charge >= 0.3 is 0 Å². The van der Waals surface area contributed by atoms with E-state index in [1.165, 1.54) is 5.56 Å². The average Bonchev–Trinajstić information content (AvgIpc) is 2.65. The number of carbonyl (C=O) groups is 2. The molecule has 29 heavy (non-hydrogen) atoms. The SMILES string of the molecule is Cc1cccc(CN(C(=O)COc2ccc(C)c(C)c2)[C@@H](C)C(=O)NC(C)C)c1.